The average molecular weight is 431 g/mol. The highest BCUT2D eigenvalue weighted by Crippen LogP contribution is 2.36. The molecule has 1 N–H and O–H groups in total. The van der Waals surface area contributed by atoms with Gasteiger partial charge in [0.05, 0.1) is 31.4 Å². The number of hydrogen-bond donors (Lipinski definition) is 1. The number of likely N-dealkylation sites (N-methyl/N-ethyl adjacent to an activating group) is 1. The second-order valence-corrected chi connectivity index (χ2v) is 6.38. The lowest BCUT2D eigenvalue weighted by Gasteiger charge is -2.18. The molecule has 2 amide bonds. The van der Waals surface area contributed by atoms with Crippen LogP contribution in [0.2, 0.25) is 5.02 Å². The van der Waals surface area contributed by atoms with Crippen LogP contribution in [0.3, 0.4) is 0 Å². The first kappa shape index (κ1) is 22.4. The second-order valence-electron chi connectivity index (χ2n) is 5.97. The summed E-state index contributed by atoms with van der Waals surface area (Å²) in [7, 11) is 4.27. The minimum Gasteiger partial charge on any atom is -0.493 e. The largest absolute Gasteiger partial charge is 0.493 e. The van der Waals surface area contributed by atoms with Gasteiger partial charge in [-0.2, -0.15) is 13.2 Å². The molecule has 2 rings (SSSR count). The van der Waals surface area contributed by atoms with E-state index < -0.39 is 28.6 Å². The van der Waals surface area contributed by atoms with Gasteiger partial charge in [0.15, 0.2) is 11.5 Å². The van der Waals surface area contributed by atoms with E-state index in [1.807, 2.05) is 0 Å². The van der Waals surface area contributed by atoms with Crippen molar-refractivity contribution in [2.75, 3.05) is 33.1 Å². The van der Waals surface area contributed by atoms with Crippen LogP contribution < -0.4 is 14.8 Å². The summed E-state index contributed by atoms with van der Waals surface area (Å²) >= 11 is 5.55. The molecule has 0 unspecified atom stereocenters. The number of ether oxygens (including phenoxy) is 2. The normalized spacial score (nSPS) is 11.0. The molecular formula is C19H18ClF3N2O4. The standard InChI is InChI=1S/C19H18ClF3N2O4/c1-25(18(27)11-4-7-15(28-2)16(8-11)29-3)10-17(26)24-12-5-6-14(20)13(9-12)19(21,22)23/h4-9H,10H2,1-3H3,(H,24,26). The first-order chi connectivity index (χ1) is 13.6. The van der Waals surface area contributed by atoms with Crippen LogP contribution in [0.25, 0.3) is 0 Å². The molecule has 0 spiro atoms. The van der Waals surface area contributed by atoms with Crippen molar-refractivity contribution in [2.24, 2.45) is 0 Å². The molecule has 0 saturated heterocycles. The van der Waals surface area contributed by atoms with Crippen LogP contribution in [0.4, 0.5) is 18.9 Å². The van der Waals surface area contributed by atoms with Crippen LogP contribution in [0.1, 0.15) is 15.9 Å². The van der Waals surface area contributed by atoms with Gasteiger partial charge in [0.25, 0.3) is 5.91 Å². The van der Waals surface area contributed by atoms with Crippen molar-refractivity contribution in [3.05, 3.63) is 52.5 Å². The second kappa shape index (κ2) is 9.04. The molecule has 2 aromatic carbocycles. The molecule has 10 heteroatoms. The van der Waals surface area contributed by atoms with E-state index in [4.69, 9.17) is 21.1 Å². The number of rotatable bonds is 6. The summed E-state index contributed by atoms with van der Waals surface area (Å²) in [5.74, 6) is -0.366. The van der Waals surface area contributed by atoms with Crippen LogP contribution in [0.15, 0.2) is 36.4 Å². The first-order valence-electron chi connectivity index (χ1n) is 8.21. The zero-order valence-corrected chi connectivity index (χ0v) is 16.5. The summed E-state index contributed by atoms with van der Waals surface area (Å²) in [6, 6.07) is 7.53. The van der Waals surface area contributed by atoms with Gasteiger partial charge < -0.3 is 19.7 Å². The van der Waals surface area contributed by atoms with Gasteiger partial charge in [0.2, 0.25) is 5.91 Å². The third-order valence-electron chi connectivity index (χ3n) is 3.91. The molecule has 0 radical (unpaired) electrons. The Morgan fingerprint density at radius 3 is 2.31 bits per heavy atom. The van der Waals surface area contributed by atoms with E-state index in [0.717, 1.165) is 17.0 Å². The van der Waals surface area contributed by atoms with Crippen LogP contribution in [-0.2, 0) is 11.0 Å². The summed E-state index contributed by atoms with van der Waals surface area (Å²) < 4.78 is 49.0. The molecular weight excluding hydrogens is 413 g/mol. The summed E-state index contributed by atoms with van der Waals surface area (Å²) in [6.45, 7) is -0.378. The number of amides is 2. The zero-order chi connectivity index (χ0) is 21.8. The van der Waals surface area contributed by atoms with E-state index in [9.17, 15) is 22.8 Å². The van der Waals surface area contributed by atoms with Gasteiger partial charge in [-0.05, 0) is 36.4 Å². The number of hydrogen-bond acceptors (Lipinski definition) is 4. The number of alkyl halides is 3. The highest BCUT2D eigenvalue weighted by atomic mass is 35.5. The Balaban J connectivity index is 2.08. The molecule has 0 aliphatic heterocycles. The minimum absolute atomic E-state index is 0.0845. The van der Waals surface area contributed by atoms with Crippen molar-refractivity contribution >= 4 is 29.1 Å². The van der Waals surface area contributed by atoms with Crippen LogP contribution >= 0.6 is 11.6 Å². The molecule has 29 heavy (non-hydrogen) atoms. The third-order valence-corrected chi connectivity index (χ3v) is 4.24. The predicted octanol–water partition coefficient (Wildman–Crippen LogP) is 4.09. The van der Waals surface area contributed by atoms with Gasteiger partial charge in [-0.15, -0.1) is 0 Å². The Labute approximate surface area is 170 Å². The maximum Gasteiger partial charge on any atom is 0.417 e. The monoisotopic (exact) mass is 430 g/mol. The Kier molecular flexibility index (Phi) is 6.97. The average Bonchev–Trinajstić information content (AvgIpc) is 2.67. The Bertz CT molecular complexity index is 919. The lowest BCUT2D eigenvalue weighted by Crippen LogP contribution is -2.35. The lowest BCUT2D eigenvalue weighted by molar-refractivity contribution is -0.137. The smallest absolute Gasteiger partial charge is 0.417 e. The number of benzene rings is 2. The van der Waals surface area contributed by atoms with Gasteiger partial charge in [0, 0.05) is 18.3 Å². The van der Waals surface area contributed by atoms with E-state index in [1.54, 1.807) is 6.07 Å². The van der Waals surface area contributed by atoms with Crippen LogP contribution in [-0.4, -0.2) is 44.5 Å². The number of nitrogens with one attached hydrogen (secondary N) is 1. The SMILES string of the molecule is COc1ccc(C(=O)N(C)CC(=O)Nc2ccc(Cl)c(C(F)(F)F)c2)cc1OC. The number of carbonyl (C=O) groups is 2. The van der Waals surface area contributed by atoms with E-state index >= 15 is 0 Å². The fourth-order valence-corrected chi connectivity index (χ4v) is 2.72. The Hall–Kier alpha value is -2.94. The maximum absolute atomic E-state index is 12.9. The molecule has 6 nitrogen and oxygen atoms in total. The molecule has 0 atom stereocenters. The lowest BCUT2D eigenvalue weighted by atomic mass is 10.1. The van der Waals surface area contributed by atoms with E-state index in [1.165, 1.54) is 39.5 Å². The zero-order valence-electron chi connectivity index (χ0n) is 15.8. The molecule has 0 heterocycles. The van der Waals surface area contributed by atoms with Gasteiger partial charge in [0.1, 0.15) is 0 Å². The van der Waals surface area contributed by atoms with Crippen molar-refractivity contribution in [1.82, 2.24) is 4.90 Å². The fourth-order valence-electron chi connectivity index (χ4n) is 2.50. The van der Waals surface area contributed by atoms with Crippen LogP contribution in [0, 0.1) is 0 Å². The summed E-state index contributed by atoms with van der Waals surface area (Å²) in [5, 5.41) is 1.85. The van der Waals surface area contributed by atoms with Gasteiger partial charge in [-0.25, -0.2) is 0 Å². The number of nitrogens with zero attached hydrogens (tertiary/aromatic N) is 1. The highest BCUT2D eigenvalue weighted by molar-refractivity contribution is 6.31. The van der Waals surface area contributed by atoms with Crippen molar-refractivity contribution in [1.29, 1.82) is 0 Å². The summed E-state index contributed by atoms with van der Waals surface area (Å²) in [6.07, 6.45) is -4.65. The van der Waals surface area contributed by atoms with Crippen molar-refractivity contribution in [3.63, 3.8) is 0 Å². The summed E-state index contributed by atoms with van der Waals surface area (Å²) in [5.41, 5.74) is -0.894. The number of carbonyl (C=O) groups excluding carboxylic acids is 2. The quantitative estimate of drug-likeness (QED) is 0.749. The fraction of sp³-hybridized carbons (Fsp3) is 0.263. The molecule has 0 fully saturated rings. The Morgan fingerprint density at radius 2 is 1.72 bits per heavy atom. The molecule has 156 valence electrons. The highest BCUT2D eigenvalue weighted by Gasteiger charge is 2.33. The van der Waals surface area contributed by atoms with Crippen molar-refractivity contribution in [3.8, 4) is 11.5 Å². The molecule has 0 aromatic heterocycles. The summed E-state index contributed by atoms with van der Waals surface area (Å²) in [4.78, 5) is 25.8. The topological polar surface area (TPSA) is 67.9 Å². The number of methoxy groups -OCH3 is 2. The molecule has 0 aliphatic carbocycles. The molecule has 0 aliphatic rings. The van der Waals surface area contributed by atoms with E-state index in [0.29, 0.717) is 11.5 Å². The number of halogens is 4. The van der Waals surface area contributed by atoms with Crippen molar-refractivity contribution < 1.29 is 32.2 Å². The van der Waals surface area contributed by atoms with Gasteiger partial charge in [-0.3, -0.25) is 9.59 Å². The van der Waals surface area contributed by atoms with E-state index in [2.05, 4.69) is 5.32 Å². The predicted molar refractivity (Wildman–Crippen MR) is 102 cm³/mol. The Morgan fingerprint density at radius 1 is 1.07 bits per heavy atom. The minimum atomic E-state index is -4.65. The molecule has 2 aromatic rings. The van der Waals surface area contributed by atoms with E-state index in [-0.39, 0.29) is 17.8 Å². The van der Waals surface area contributed by atoms with Crippen molar-refractivity contribution in [2.45, 2.75) is 6.18 Å². The van der Waals surface area contributed by atoms with Gasteiger partial charge in [-0.1, -0.05) is 11.6 Å². The van der Waals surface area contributed by atoms with Crippen LogP contribution in [0.5, 0.6) is 11.5 Å². The first-order valence-corrected chi connectivity index (χ1v) is 8.58. The van der Waals surface area contributed by atoms with Gasteiger partial charge >= 0.3 is 6.18 Å². The molecule has 0 bridgehead atoms. The maximum atomic E-state index is 12.9. The third kappa shape index (κ3) is 5.54. The number of anilines is 1. The molecule has 0 saturated carbocycles.